The van der Waals surface area contributed by atoms with Gasteiger partial charge in [0.05, 0.1) is 6.42 Å². The maximum absolute atomic E-state index is 12.0. The Balaban J connectivity index is 1.56. The minimum atomic E-state index is 0.103. The maximum Gasteiger partial charge on any atom is 0.231 e. The first-order valence-electron chi connectivity index (χ1n) is 6.99. The first kappa shape index (κ1) is 12.3. The highest BCUT2D eigenvalue weighted by Gasteiger charge is 2.17. The van der Waals surface area contributed by atoms with E-state index in [-0.39, 0.29) is 12.7 Å². The van der Waals surface area contributed by atoms with Crippen LogP contribution in [0.25, 0.3) is 0 Å². The zero-order valence-corrected chi connectivity index (χ0v) is 11.0. The molecule has 1 saturated carbocycles. The second-order valence-corrected chi connectivity index (χ2v) is 5.27. The van der Waals surface area contributed by atoms with E-state index >= 15 is 0 Å². The number of nitrogens with one attached hydrogen (secondary N) is 1. The van der Waals surface area contributed by atoms with Gasteiger partial charge in [-0.15, -0.1) is 0 Å². The zero-order chi connectivity index (χ0) is 13.1. The molecule has 0 aromatic heterocycles. The van der Waals surface area contributed by atoms with Crippen LogP contribution in [-0.2, 0) is 11.2 Å². The summed E-state index contributed by atoms with van der Waals surface area (Å²) < 4.78 is 10.6. The fraction of sp³-hybridized carbons (Fsp3) is 0.533. The van der Waals surface area contributed by atoms with Gasteiger partial charge in [-0.2, -0.15) is 0 Å². The summed E-state index contributed by atoms with van der Waals surface area (Å²) in [5, 5.41) is 3.12. The molecule has 2 aliphatic rings. The van der Waals surface area contributed by atoms with E-state index < -0.39 is 0 Å². The van der Waals surface area contributed by atoms with Gasteiger partial charge in [-0.25, -0.2) is 0 Å². The lowest BCUT2D eigenvalue weighted by molar-refractivity contribution is -0.121. The summed E-state index contributed by atoms with van der Waals surface area (Å²) in [6.07, 6.45) is 6.41. The Morgan fingerprint density at radius 1 is 1.16 bits per heavy atom. The average molecular weight is 261 g/mol. The topological polar surface area (TPSA) is 47.6 Å². The van der Waals surface area contributed by atoms with E-state index in [1.807, 2.05) is 18.2 Å². The number of carbonyl (C=O) groups excluding carboxylic acids is 1. The molecule has 4 heteroatoms. The summed E-state index contributed by atoms with van der Waals surface area (Å²) in [4.78, 5) is 12.0. The van der Waals surface area contributed by atoms with Gasteiger partial charge in [-0.05, 0) is 30.5 Å². The van der Waals surface area contributed by atoms with Crippen molar-refractivity contribution in [3.8, 4) is 11.5 Å². The molecule has 0 spiro atoms. The lowest BCUT2D eigenvalue weighted by Crippen LogP contribution is -2.37. The summed E-state index contributed by atoms with van der Waals surface area (Å²) in [6, 6.07) is 6.05. The highest BCUT2D eigenvalue weighted by atomic mass is 16.7. The largest absolute Gasteiger partial charge is 0.454 e. The monoisotopic (exact) mass is 261 g/mol. The van der Waals surface area contributed by atoms with Crippen LogP contribution < -0.4 is 14.8 Å². The third-order valence-electron chi connectivity index (χ3n) is 3.77. The van der Waals surface area contributed by atoms with Crippen molar-refractivity contribution in [1.29, 1.82) is 0 Å². The quantitative estimate of drug-likeness (QED) is 0.909. The fourth-order valence-corrected chi connectivity index (χ4v) is 2.76. The highest BCUT2D eigenvalue weighted by molar-refractivity contribution is 5.79. The van der Waals surface area contributed by atoms with Crippen molar-refractivity contribution in [2.24, 2.45) is 0 Å². The van der Waals surface area contributed by atoms with Gasteiger partial charge in [0.2, 0.25) is 12.7 Å². The summed E-state index contributed by atoms with van der Waals surface area (Å²) in [7, 11) is 0. The second kappa shape index (κ2) is 5.51. The molecule has 0 unspecified atom stereocenters. The second-order valence-electron chi connectivity index (χ2n) is 5.27. The molecule has 1 aromatic rings. The molecule has 1 N–H and O–H groups in total. The molecule has 0 saturated heterocycles. The van der Waals surface area contributed by atoms with Crippen molar-refractivity contribution in [3.05, 3.63) is 23.8 Å². The Bertz CT molecular complexity index is 466. The van der Waals surface area contributed by atoms with Crippen molar-refractivity contribution < 1.29 is 14.3 Å². The van der Waals surface area contributed by atoms with E-state index in [0.717, 1.165) is 29.9 Å². The summed E-state index contributed by atoms with van der Waals surface area (Å²) in [6.45, 7) is 0.271. The molecule has 3 rings (SSSR count). The SMILES string of the molecule is O=C(Cc1ccc2c(c1)OCO2)NC1CCCCC1. The van der Waals surface area contributed by atoms with Gasteiger partial charge in [0.25, 0.3) is 0 Å². The van der Waals surface area contributed by atoms with Gasteiger partial charge < -0.3 is 14.8 Å². The number of carbonyl (C=O) groups is 1. The van der Waals surface area contributed by atoms with Crippen LogP contribution in [0.3, 0.4) is 0 Å². The molecule has 1 aliphatic carbocycles. The van der Waals surface area contributed by atoms with E-state index in [4.69, 9.17) is 9.47 Å². The average Bonchev–Trinajstić information content (AvgIpc) is 2.87. The predicted molar refractivity (Wildman–Crippen MR) is 71.3 cm³/mol. The summed E-state index contributed by atoms with van der Waals surface area (Å²) >= 11 is 0. The molecule has 1 aliphatic heterocycles. The lowest BCUT2D eigenvalue weighted by atomic mass is 9.95. The number of amides is 1. The molecule has 1 heterocycles. The molecule has 0 bridgehead atoms. The predicted octanol–water partition coefficient (Wildman–Crippen LogP) is 2.41. The third-order valence-corrected chi connectivity index (χ3v) is 3.77. The van der Waals surface area contributed by atoms with Crippen molar-refractivity contribution in [1.82, 2.24) is 5.32 Å². The third kappa shape index (κ3) is 3.00. The Kier molecular flexibility index (Phi) is 3.58. The summed E-state index contributed by atoms with van der Waals surface area (Å²) in [5.41, 5.74) is 0.970. The van der Waals surface area contributed by atoms with E-state index in [1.54, 1.807) is 0 Å². The maximum atomic E-state index is 12.0. The minimum absolute atomic E-state index is 0.103. The van der Waals surface area contributed by atoms with Crippen molar-refractivity contribution in [3.63, 3.8) is 0 Å². The van der Waals surface area contributed by atoms with Gasteiger partial charge in [0.1, 0.15) is 0 Å². The van der Waals surface area contributed by atoms with Crippen LogP contribution in [0.1, 0.15) is 37.7 Å². The van der Waals surface area contributed by atoms with Crippen LogP contribution in [0.2, 0.25) is 0 Å². The van der Waals surface area contributed by atoms with Gasteiger partial charge in [0, 0.05) is 6.04 Å². The van der Waals surface area contributed by atoms with Crippen LogP contribution in [-0.4, -0.2) is 18.7 Å². The van der Waals surface area contributed by atoms with Crippen LogP contribution in [0.15, 0.2) is 18.2 Å². The van der Waals surface area contributed by atoms with Crippen molar-refractivity contribution in [2.75, 3.05) is 6.79 Å². The Morgan fingerprint density at radius 2 is 1.95 bits per heavy atom. The molecular weight excluding hydrogens is 242 g/mol. The van der Waals surface area contributed by atoms with E-state index in [2.05, 4.69) is 5.32 Å². The number of hydrogen-bond donors (Lipinski definition) is 1. The van der Waals surface area contributed by atoms with Crippen LogP contribution in [0, 0.1) is 0 Å². The lowest BCUT2D eigenvalue weighted by Gasteiger charge is -2.22. The van der Waals surface area contributed by atoms with E-state index in [1.165, 1.54) is 19.3 Å². The summed E-state index contributed by atoms with van der Waals surface area (Å²) in [5.74, 6) is 1.60. The fourth-order valence-electron chi connectivity index (χ4n) is 2.76. The number of hydrogen-bond acceptors (Lipinski definition) is 3. The molecule has 102 valence electrons. The Hall–Kier alpha value is -1.71. The van der Waals surface area contributed by atoms with Crippen LogP contribution in [0.4, 0.5) is 0 Å². The Labute approximate surface area is 113 Å². The molecule has 1 aromatic carbocycles. The standard InChI is InChI=1S/C15H19NO3/c17-15(16-12-4-2-1-3-5-12)9-11-6-7-13-14(8-11)19-10-18-13/h6-8,12H,1-5,9-10H2,(H,16,17). The minimum Gasteiger partial charge on any atom is -0.454 e. The smallest absolute Gasteiger partial charge is 0.231 e. The molecule has 4 nitrogen and oxygen atoms in total. The van der Waals surface area contributed by atoms with Crippen LogP contribution in [0.5, 0.6) is 11.5 Å². The van der Waals surface area contributed by atoms with Gasteiger partial charge in [-0.1, -0.05) is 25.3 Å². The van der Waals surface area contributed by atoms with Crippen molar-refractivity contribution >= 4 is 5.91 Å². The van der Waals surface area contributed by atoms with Gasteiger partial charge in [-0.3, -0.25) is 4.79 Å². The molecule has 1 amide bonds. The number of ether oxygens (including phenoxy) is 2. The molecule has 1 fully saturated rings. The normalized spacial score (nSPS) is 18.3. The highest BCUT2D eigenvalue weighted by Crippen LogP contribution is 2.32. The van der Waals surface area contributed by atoms with Crippen LogP contribution >= 0.6 is 0 Å². The first-order valence-corrected chi connectivity index (χ1v) is 6.99. The zero-order valence-electron chi connectivity index (χ0n) is 11.0. The van der Waals surface area contributed by atoms with E-state index in [9.17, 15) is 4.79 Å². The van der Waals surface area contributed by atoms with E-state index in [0.29, 0.717) is 12.5 Å². The number of rotatable bonds is 3. The van der Waals surface area contributed by atoms with Crippen molar-refractivity contribution in [2.45, 2.75) is 44.6 Å². The number of benzene rings is 1. The molecule has 19 heavy (non-hydrogen) atoms. The van der Waals surface area contributed by atoms with Gasteiger partial charge in [0.15, 0.2) is 11.5 Å². The molecule has 0 atom stereocenters. The first-order chi connectivity index (χ1) is 9.31. The van der Waals surface area contributed by atoms with Gasteiger partial charge >= 0.3 is 0 Å². The molecule has 0 radical (unpaired) electrons. The Morgan fingerprint density at radius 3 is 2.79 bits per heavy atom. The molecular formula is C15H19NO3. The number of fused-ring (bicyclic) bond motifs is 1.